The fourth-order valence-corrected chi connectivity index (χ4v) is 2.52. The Morgan fingerprint density at radius 3 is 2.67 bits per heavy atom. The van der Waals surface area contributed by atoms with Gasteiger partial charge in [0.25, 0.3) is 5.91 Å². The number of hydrogen-bond donors (Lipinski definition) is 2. The zero-order chi connectivity index (χ0) is 16.9. The summed E-state index contributed by atoms with van der Waals surface area (Å²) in [6.45, 7) is 0.464. The molecule has 0 radical (unpaired) electrons. The minimum absolute atomic E-state index is 0.0622. The molecule has 0 aliphatic rings. The number of rotatable bonds is 5. The predicted octanol–water partition coefficient (Wildman–Crippen LogP) is 2.86. The molecule has 1 heterocycles. The highest BCUT2D eigenvalue weighted by Crippen LogP contribution is 2.23. The van der Waals surface area contributed by atoms with Gasteiger partial charge in [-0.1, -0.05) is 42.5 Å². The van der Waals surface area contributed by atoms with Crippen molar-refractivity contribution in [1.29, 1.82) is 0 Å². The number of aromatic hydroxyl groups is 1. The Balaban J connectivity index is 1.66. The summed E-state index contributed by atoms with van der Waals surface area (Å²) in [5, 5.41) is 12.9. The van der Waals surface area contributed by atoms with Crippen LogP contribution in [-0.4, -0.2) is 17.6 Å². The summed E-state index contributed by atoms with van der Waals surface area (Å²) >= 11 is 0. The number of nitrogens with one attached hydrogen (secondary N) is 1. The molecule has 0 fully saturated rings. The predicted molar refractivity (Wildman–Crippen MR) is 91.2 cm³/mol. The second kappa shape index (κ2) is 7.00. The van der Waals surface area contributed by atoms with Crippen molar-refractivity contribution in [2.24, 2.45) is 0 Å². The Hall–Kier alpha value is -3.08. The molecule has 5 heteroatoms. The maximum Gasteiger partial charge on any atom is 0.349 e. The van der Waals surface area contributed by atoms with E-state index in [-0.39, 0.29) is 16.9 Å². The van der Waals surface area contributed by atoms with Crippen molar-refractivity contribution in [2.75, 3.05) is 6.54 Å². The van der Waals surface area contributed by atoms with Gasteiger partial charge < -0.3 is 14.8 Å². The van der Waals surface area contributed by atoms with Gasteiger partial charge in [-0.15, -0.1) is 0 Å². The van der Waals surface area contributed by atoms with Gasteiger partial charge in [-0.2, -0.15) is 0 Å². The molecule has 1 amide bonds. The summed E-state index contributed by atoms with van der Waals surface area (Å²) in [5.41, 5.74) is 0.466. The first-order chi connectivity index (χ1) is 11.6. The average Bonchev–Trinajstić information content (AvgIpc) is 2.60. The quantitative estimate of drug-likeness (QED) is 0.559. The molecule has 24 heavy (non-hydrogen) atoms. The topological polar surface area (TPSA) is 79.5 Å². The number of para-hydroxylation sites is 1. The molecule has 3 rings (SSSR count). The second-order valence-electron chi connectivity index (χ2n) is 5.49. The van der Waals surface area contributed by atoms with Crippen LogP contribution in [-0.2, 0) is 6.42 Å². The van der Waals surface area contributed by atoms with E-state index in [4.69, 9.17) is 4.42 Å². The minimum atomic E-state index is -0.760. The maximum atomic E-state index is 12.2. The van der Waals surface area contributed by atoms with Crippen LogP contribution in [0.5, 0.6) is 5.75 Å². The molecule has 2 aromatic carbocycles. The molecule has 0 bridgehead atoms. The second-order valence-corrected chi connectivity index (χ2v) is 5.49. The highest BCUT2D eigenvalue weighted by Gasteiger charge is 2.14. The van der Waals surface area contributed by atoms with Crippen LogP contribution in [0.15, 0.2) is 63.8 Å². The van der Waals surface area contributed by atoms with Crippen LogP contribution in [0.3, 0.4) is 0 Å². The molecule has 3 aromatic rings. The molecule has 0 aliphatic carbocycles. The zero-order valence-electron chi connectivity index (χ0n) is 13.0. The van der Waals surface area contributed by atoms with Gasteiger partial charge in [0, 0.05) is 11.9 Å². The van der Waals surface area contributed by atoms with Crippen molar-refractivity contribution in [3.8, 4) is 5.75 Å². The van der Waals surface area contributed by atoms with Gasteiger partial charge in [0.15, 0.2) is 11.3 Å². The lowest BCUT2D eigenvalue weighted by atomic mass is 10.1. The lowest BCUT2D eigenvalue weighted by Crippen LogP contribution is -2.29. The third kappa shape index (κ3) is 3.46. The average molecular weight is 323 g/mol. The highest BCUT2D eigenvalue weighted by atomic mass is 16.4. The minimum Gasteiger partial charge on any atom is -0.504 e. The standard InChI is InChI=1S/C19H17NO4/c21-16-10-4-9-14-12-15(19(23)24-17(14)16)18(22)20-11-5-8-13-6-2-1-3-7-13/h1-4,6-7,9-10,12,21H,5,8,11H2,(H,20,22). The van der Waals surface area contributed by atoms with E-state index in [1.54, 1.807) is 12.1 Å². The van der Waals surface area contributed by atoms with E-state index >= 15 is 0 Å². The fraction of sp³-hybridized carbons (Fsp3) is 0.158. The molecule has 0 saturated carbocycles. The van der Waals surface area contributed by atoms with Crippen LogP contribution in [0.4, 0.5) is 0 Å². The zero-order valence-corrected chi connectivity index (χ0v) is 13.0. The van der Waals surface area contributed by atoms with Crippen LogP contribution in [0, 0.1) is 0 Å². The smallest absolute Gasteiger partial charge is 0.349 e. The summed E-state index contributed by atoms with van der Waals surface area (Å²) in [6, 6.07) is 16.1. The van der Waals surface area contributed by atoms with Crippen LogP contribution >= 0.6 is 0 Å². The van der Waals surface area contributed by atoms with Gasteiger partial charge in [0.1, 0.15) is 5.56 Å². The number of benzene rings is 2. The third-order valence-corrected chi connectivity index (χ3v) is 3.75. The molecular weight excluding hydrogens is 306 g/mol. The number of phenols is 1. The molecule has 1 aromatic heterocycles. The SMILES string of the molecule is O=C(NCCCc1ccccc1)c1cc2cccc(O)c2oc1=O. The summed E-state index contributed by atoms with van der Waals surface area (Å²) in [6.07, 6.45) is 1.62. The summed E-state index contributed by atoms with van der Waals surface area (Å²) in [5.74, 6) is -0.596. The number of hydrogen-bond acceptors (Lipinski definition) is 4. The number of phenolic OH excluding ortho intramolecular Hbond substituents is 1. The molecule has 0 atom stereocenters. The molecule has 122 valence electrons. The van der Waals surface area contributed by atoms with E-state index in [0.29, 0.717) is 11.9 Å². The van der Waals surface area contributed by atoms with Gasteiger partial charge in [0.2, 0.25) is 0 Å². The van der Waals surface area contributed by atoms with E-state index in [0.717, 1.165) is 12.8 Å². The first kappa shape index (κ1) is 15.8. The summed E-state index contributed by atoms with van der Waals surface area (Å²) < 4.78 is 5.05. The van der Waals surface area contributed by atoms with Crippen LogP contribution in [0.25, 0.3) is 11.0 Å². The Labute approximate surface area is 138 Å². The van der Waals surface area contributed by atoms with Crippen molar-refractivity contribution in [2.45, 2.75) is 12.8 Å². The van der Waals surface area contributed by atoms with Crippen LogP contribution in [0.2, 0.25) is 0 Å². The Kier molecular flexibility index (Phi) is 4.61. The van der Waals surface area contributed by atoms with Crippen molar-refractivity contribution >= 4 is 16.9 Å². The van der Waals surface area contributed by atoms with E-state index in [1.807, 2.05) is 30.3 Å². The van der Waals surface area contributed by atoms with Crippen molar-refractivity contribution in [1.82, 2.24) is 5.32 Å². The molecule has 0 aliphatic heterocycles. The van der Waals surface area contributed by atoms with Crippen molar-refractivity contribution < 1.29 is 14.3 Å². The summed E-state index contributed by atoms with van der Waals surface area (Å²) in [4.78, 5) is 24.1. The Morgan fingerprint density at radius 2 is 1.88 bits per heavy atom. The summed E-state index contributed by atoms with van der Waals surface area (Å²) in [7, 11) is 0. The van der Waals surface area contributed by atoms with Gasteiger partial charge >= 0.3 is 5.63 Å². The van der Waals surface area contributed by atoms with Gasteiger partial charge in [-0.25, -0.2) is 4.79 Å². The maximum absolute atomic E-state index is 12.2. The number of amides is 1. The number of carbonyl (C=O) groups excluding carboxylic acids is 1. The first-order valence-corrected chi connectivity index (χ1v) is 7.73. The van der Waals surface area contributed by atoms with Crippen LogP contribution < -0.4 is 10.9 Å². The van der Waals surface area contributed by atoms with E-state index in [1.165, 1.54) is 17.7 Å². The molecule has 0 saturated heterocycles. The van der Waals surface area contributed by atoms with Gasteiger partial charge in [-0.3, -0.25) is 4.79 Å². The number of fused-ring (bicyclic) bond motifs is 1. The fourth-order valence-electron chi connectivity index (χ4n) is 2.52. The number of carbonyl (C=O) groups is 1. The molecule has 2 N–H and O–H groups in total. The molecular formula is C19H17NO4. The van der Waals surface area contributed by atoms with E-state index in [2.05, 4.69) is 5.32 Å². The van der Waals surface area contributed by atoms with Gasteiger partial charge in [-0.05, 0) is 30.5 Å². The number of aryl methyl sites for hydroxylation is 1. The van der Waals surface area contributed by atoms with Crippen LogP contribution in [0.1, 0.15) is 22.3 Å². The highest BCUT2D eigenvalue weighted by molar-refractivity contribution is 5.97. The normalized spacial score (nSPS) is 10.7. The van der Waals surface area contributed by atoms with E-state index in [9.17, 15) is 14.7 Å². The monoisotopic (exact) mass is 323 g/mol. The lowest BCUT2D eigenvalue weighted by Gasteiger charge is -2.06. The lowest BCUT2D eigenvalue weighted by molar-refractivity contribution is 0.0949. The van der Waals surface area contributed by atoms with E-state index < -0.39 is 11.5 Å². The Morgan fingerprint density at radius 1 is 1.08 bits per heavy atom. The molecule has 0 spiro atoms. The van der Waals surface area contributed by atoms with Crippen molar-refractivity contribution in [3.63, 3.8) is 0 Å². The molecule has 0 unspecified atom stereocenters. The largest absolute Gasteiger partial charge is 0.504 e. The first-order valence-electron chi connectivity index (χ1n) is 7.73. The van der Waals surface area contributed by atoms with Crippen molar-refractivity contribution in [3.05, 3.63) is 76.1 Å². The third-order valence-electron chi connectivity index (χ3n) is 3.75. The Bertz CT molecular complexity index is 916. The van der Waals surface area contributed by atoms with Gasteiger partial charge in [0.05, 0.1) is 0 Å². The molecule has 5 nitrogen and oxygen atoms in total.